The van der Waals surface area contributed by atoms with Crippen molar-refractivity contribution in [1.82, 2.24) is 23.1 Å². The Bertz CT molecular complexity index is 4420. The summed E-state index contributed by atoms with van der Waals surface area (Å²) in [4.78, 5) is 4.94. The minimum absolute atomic E-state index is 0.177. The molecule has 0 amide bonds. The third kappa shape index (κ3) is 6.44. The van der Waals surface area contributed by atoms with E-state index in [0.717, 1.165) is 82.2 Å². The molecule has 14 aromatic rings. The van der Waals surface area contributed by atoms with E-state index in [-0.39, 0.29) is 5.41 Å². The van der Waals surface area contributed by atoms with Gasteiger partial charge in [-0.25, -0.2) is 0 Å². The number of rotatable bonds is 7. The molecule has 0 N–H and O–H groups in total. The second-order valence-corrected chi connectivity index (χ2v) is 20.6. The van der Waals surface area contributed by atoms with Gasteiger partial charge in [0.25, 0.3) is 0 Å². The van der Waals surface area contributed by atoms with Gasteiger partial charge in [0, 0.05) is 27.7 Å². The summed E-state index contributed by atoms with van der Waals surface area (Å²) >= 11 is 2.53. The van der Waals surface area contributed by atoms with E-state index >= 15 is 0 Å². The first-order valence-corrected chi connectivity index (χ1v) is 25.2. The molecule has 0 unspecified atom stereocenters. The first-order valence-electron chi connectivity index (χ1n) is 24.1. The van der Waals surface area contributed by atoms with E-state index in [1.165, 1.54) is 49.0 Å². The van der Waals surface area contributed by atoms with Gasteiger partial charge >= 0.3 is 320 Å². The molecular formula is C64H45N5OPt. The van der Waals surface area contributed by atoms with Crippen LogP contribution < -0.4 is 4.74 Å². The number of hydrogen-bond donors (Lipinski definition) is 0. The van der Waals surface area contributed by atoms with Gasteiger partial charge in [-0.3, -0.25) is 0 Å². The third-order valence-corrected chi connectivity index (χ3v) is 15.4. The fraction of sp³-hybridized carbons (Fsp3) is 0.0625. The number of ether oxygens (including phenoxy) is 1. The quantitative estimate of drug-likeness (QED) is 0.160. The predicted molar refractivity (Wildman–Crippen MR) is 289 cm³/mol. The molecule has 7 heteroatoms. The van der Waals surface area contributed by atoms with Crippen LogP contribution in [0, 0.1) is 3.80 Å². The van der Waals surface area contributed by atoms with Crippen molar-refractivity contribution in [3.8, 4) is 50.9 Å². The molecule has 6 nitrogen and oxygen atoms in total. The minimum atomic E-state index is -0.177. The normalized spacial score (nSPS) is 12.2. The first kappa shape index (κ1) is 41.6. The molecule has 0 aliphatic heterocycles. The van der Waals surface area contributed by atoms with Crippen LogP contribution in [0.5, 0.6) is 11.5 Å². The zero-order valence-corrected chi connectivity index (χ0v) is 41.5. The molecule has 0 aliphatic carbocycles. The maximum atomic E-state index is 7.11. The molecular weight excluding hydrogens is 1050 g/mol. The molecule has 5 heterocycles. The van der Waals surface area contributed by atoms with E-state index < -0.39 is 0 Å². The standard InChI is InChI=1S/C64H45N5O.Pt/c1-64(2,3)43-34-44(66-40-67(57-29-13-12-28-56(57)66)62-47(41-18-6-4-7-19-41)23-16-24-48(62)42-20-8-5-9-21-42)36-46(35-43)70-45-31-32-50-53-38-54-52-26-17-25-51-49-22-10-11-27-55(49)69(63(51)52)60(54)39-59(53)68(58(50)37-45)61-30-14-15-33-65-61;/h4-39H,1-3H3;. The molecule has 0 saturated heterocycles. The fourth-order valence-corrected chi connectivity index (χ4v) is 12.2. The van der Waals surface area contributed by atoms with E-state index in [1.54, 1.807) is 0 Å². The number of benzene rings is 9. The van der Waals surface area contributed by atoms with E-state index in [0.29, 0.717) is 0 Å². The van der Waals surface area contributed by atoms with Crippen molar-refractivity contribution in [1.29, 1.82) is 0 Å². The topological polar surface area (TPSA) is 41.3 Å². The van der Waals surface area contributed by atoms with E-state index in [4.69, 9.17) is 9.72 Å². The molecule has 71 heavy (non-hydrogen) atoms. The monoisotopic (exact) mass is 1090 g/mol. The van der Waals surface area contributed by atoms with Gasteiger partial charge in [0.15, 0.2) is 0 Å². The van der Waals surface area contributed by atoms with Crippen molar-refractivity contribution in [3.63, 3.8) is 0 Å². The average Bonchev–Trinajstić information content (AvgIpc) is 4.11. The molecule has 0 bridgehead atoms. The van der Waals surface area contributed by atoms with Crippen LogP contribution in [-0.2, 0) is 24.8 Å². The van der Waals surface area contributed by atoms with Crippen LogP contribution in [0.25, 0.3) is 110 Å². The number of fused-ring (bicyclic) bond motifs is 10. The Balaban J connectivity index is 0.959. The van der Waals surface area contributed by atoms with Crippen molar-refractivity contribution in [3.05, 3.63) is 228 Å². The Kier molecular flexibility index (Phi) is 9.30. The molecule has 0 aliphatic rings. The molecule has 342 valence electrons. The molecule has 0 radical (unpaired) electrons. The zero-order chi connectivity index (χ0) is 47.5. The number of para-hydroxylation sites is 5. The summed E-state index contributed by atoms with van der Waals surface area (Å²) in [7, 11) is 0. The molecule has 9 aromatic carbocycles. The summed E-state index contributed by atoms with van der Waals surface area (Å²) in [6.07, 6.45) is 1.87. The second-order valence-electron chi connectivity index (χ2n) is 19.5. The Hall–Kier alpha value is -8.31. The fourth-order valence-electron chi connectivity index (χ4n) is 11.1. The van der Waals surface area contributed by atoms with Crippen LogP contribution in [0.15, 0.2) is 219 Å². The number of imidazole rings is 1. The van der Waals surface area contributed by atoms with Crippen molar-refractivity contribution in [2.24, 2.45) is 0 Å². The zero-order valence-electron chi connectivity index (χ0n) is 39.2. The van der Waals surface area contributed by atoms with Gasteiger partial charge < -0.3 is 4.40 Å². The van der Waals surface area contributed by atoms with Crippen LogP contribution in [0.4, 0.5) is 0 Å². The van der Waals surface area contributed by atoms with E-state index in [1.807, 2.05) is 12.3 Å². The summed E-state index contributed by atoms with van der Waals surface area (Å²) in [5.74, 6) is 2.37. The van der Waals surface area contributed by atoms with Gasteiger partial charge in [-0.05, 0) is 12.1 Å². The Labute approximate surface area is 420 Å². The van der Waals surface area contributed by atoms with Crippen molar-refractivity contribution < 1.29 is 24.1 Å². The van der Waals surface area contributed by atoms with Crippen LogP contribution in [0.1, 0.15) is 26.3 Å². The van der Waals surface area contributed by atoms with Gasteiger partial charge in [0.1, 0.15) is 0 Å². The number of hydrogen-bond acceptors (Lipinski definition) is 2. The average molecular weight is 1100 g/mol. The van der Waals surface area contributed by atoms with Gasteiger partial charge in [-0.2, -0.15) is 0 Å². The second kappa shape index (κ2) is 15.9. The molecule has 0 spiro atoms. The number of aromatic nitrogens is 5. The van der Waals surface area contributed by atoms with Crippen molar-refractivity contribution in [2.45, 2.75) is 26.2 Å². The van der Waals surface area contributed by atoms with Gasteiger partial charge in [-0.1, -0.05) is 42.5 Å². The van der Waals surface area contributed by atoms with Crippen molar-refractivity contribution >= 4 is 70.9 Å². The van der Waals surface area contributed by atoms with Crippen LogP contribution in [-0.4, -0.2) is 23.1 Å². The number of nitrogens with zero attached hydrogens (tertiary/aromatic N) is 5. The summed E-state index contributed by atoms with van der Waals surface area (Å²) in [5, 5.41) is 7.36. The molecule has 0 atom stereocenters. The third-order valence-electron chi connectivity index (χ3n) is 14.3. The summed E-state index contributed by atoms with van der Waals surface area (Å²) in [6.45, 7) is 6.81. The van der Waals surface area contributed by atoms with Gasteiger partial charge in [0.2, 0.25) is 0 Å². The molecule has 5 aromatic heterocycles. The predicted octanol–water partition coefficient (Wildman–Crippen LogP) is 16.6. The summed E-state index contributed by atoms with van der Waals surface area (Å²) in [6, 6.07) is 76.5. The summed E-state index contributed by atoms with van der Waals surface area (Å²) < 4.78 is 17.7. The van der Waals surface area contributed by atoms with Crippen LogP contribution in [0.3, 0.4) is 0 Å². The summed E-state index contributed by atoms with van der Waals surface area (Å²) in [5.41, 5.74) is 15.8. The van der Waals surface area contributed by atoms with Crippen molar-refractivity contribution in [2.75, 3.05) is 0 Å². The van der Waals surface area contributed by atoms with Gasteiger partial charge in [0.05, 0.1) is 16.6 Å². The maximum absolute atomic E-state index is 7.11. The Morgan fingerprint density at radius 2 is 1.01 bits per heavy atom. The van der Waals surface area contributed by atoms with Crippen LogP contribution >= 0.6 is 0 Å². The molecule has 0 fully saturated rings. The Morgan fingerprint density at radius 3 is 1.72 bits per heavy atom. The number of pyridine rings is 1. The molecule has 14 rings (SSSR count). The van der Waals surface area contributed by atoms with E-state index in [9.17, 15) is 0 Å². The SMILES string of the molecule is CC(C)(C)c1cc(Oc2ccc3c4cc5c6cccc7c8ccccc8n(c5cc4n(-c4ccccn4)c3c2)c76)cc(-n2[c](=[Pt])n(-c3c(-c4ccccc4)cccc3-c3ccccc3)c3ccccc32)c1. The Morgan fingerprint density at radius 1 is 0.423 bits per heavy atom. The van der Waals surface area contributed by atoms with Crippen LogP contribution in [0.2, 0.25) is 0 Å². The van der Waals surface area contributed by atoms with Gasteiger partial charge in [-0.15, -0.1) is 0 Å². The first-order chi connectivity index (χ1) is 34.8. The van der Waals surface area contributed by atoms with E-state index in [2.05, 4.69) is 264 Å². The molecule has 0 saturated carbocycles.